The normalized spacial score (nSPS) is 10.9. The van der Waals surface area contributed by atoms with Crippen LogP contribution >= 0.6 is 0 Å². The standard InChI is InChI=1S/C25H48N2O8/c1-2-32-19-20-35-22-21-34-18-15-27-24(29)13-16-33-17-14-26-23(28)11-9-7-5-3-4-6-8-10-12-25(30)31/h2-22H2,1H3,(H,26,28)(H,27,29)(H,30,31). The molecule has 0 saturated carbocycles. The number of hydrogen-bond donors (Lipinski definition) is 3. The summed E-state index contributed by atoms with van der Waals surface area (Å²) in [5.41, 5.74) is 0. The average Bonchev–Trinajstić information content (AvgIpc) is 2.83. The quantitative estimate of drug-likeness (QED) is 0.146. The monoisotopic (exact) mass is 504 g/mol. The van der Waals surface area contributed by atoms with Crippen molar-refractivity contribution in [3.63, 3.8) is 0 Å². The summed E-state index contributed by atoms with van der Waals surface area (Å²) >= 11 is 0. The summed E-state index contributed by atoms with van der Waals surface area (Å²) < 4.78 is 21.3. The highest BCUT2D eigenvalue weighted by atomic mass is 16.5. The van der Waals surface area contributed by atoms with E-state index in [-0.39, 0.29) is 24.7 Å². The zero-order chi connectivity index (χ0) is 25.8. The Morgan fingerprint density at radius 3 is 1.51 bits per heavy atom. The van der Waals surface area contributed by atoms with Crippen LogP contribution in [0.15, 0.2) is 0 Å². The third-order valence-electron chi connectivity index (χ3n) is 5.10. The lowest BCUT2D eigenvalue weighted by Gasteiger charge is -2.08. The molecule has 3 N–H and O–H groups in total. The second-order valence-electron chi connectivity index (χ2n) is 8.21. The molecule has 0 unspecified atom stereocenters. The topological polar surface area (TPSA) is 132 Å². The molecule has 0 bridgehead atoms. The Bertz CT molecular complexity index is 520. The maximum absolute atomic E-state index is 11.8. The number of hydrogen-bond acceptors (Lipinski definition) is 7. The zero-order valence-corrected chi connectivity index (χ0v) is 21.7. The fourth-order valence-corrected chi connectivity index (χ4v) is 3.18. The number of nitrogens with one attached hydrogen (secondary N) is 2. The van der Waals surface area contributed by atoms with Gasteiger partial charge in [0.05, 0.1) is 46.2 Å². The molecule has 0 aromatic carbocycles. The lowest BCUT2D eigenvalue weighted by atomic mass is 10.1. The van der Waals surface area contributed by atoms with E-state index in [0.717, 1.165) is 51.4 Å². The third kappa shape index (κ3) is 28.4. The van der Waals surface area contributed by atoms with Crippen LogP contribution in [0.4, 0.5) is 0 Å². The highest BCUT2D eigenvalue weighted by Crippen LogP contribution is 2.10. The maximum atomic E-state index is 11.8. The van der Waals surface area contributed by atoms with E-state index in [1.165, 1.54) is 0 Å². The van der Waals surface area contributed by atoms with Crippen LogP contribution in [0, 0.1) is 0 Å². The van der Waals surface area contributed by atoms with E-state index in [2.05, 4.69) is 10.6 Å². The van der Waals surface area contributed by atoms with Gasteiger partial charge in [-0.3, -0.25) is 14.4 Å². The van der Waals surface area contributed by atoms with Gasteiger partial charge >= 0.3 is 5.97 Å². The van der Waals surface area contributed by atoms with Crippen molar-refractivity contribution < 1.29 is 38.4 Å². The average molecular weight is 505 g/mol. The van der Waals surface area contributed by atoms with E-state index in [4.69, 9.17) is 24.1 Å². The van der Waals surface area contributed by atoms with Crippen molar-refractivity contribution in [3.05, 3.63) is 0 Å². The van der Waals surface area contributed by atoms with E-state index in [1.807, 2.05) is 6.92 Å². The molecule has 0 aliphatic carbocycles. The molecule has 2 amide bonds. The van der Waals surface area contributed by atoms with E-state index >= 15 is 0 Å². The number of carboxylic acid groups (broad SMARTS) is 1. The fourth-order valence-electron chi connectivity index (χ4n) is 3.18. The van der Waals surface area contributed by atoms with Crippen LogP contribution in [-0.4, -0.2) is 88.8 Å². The van der Waals surface area contributed by atoms with E-state index in [0.29, 0.717) is 72.4 Å². The summed E-state index contributed by atoms with van der Waals surface area (Å²) in [5.74, 6) is -0.784. The summed E-state index contributed by atoms with van der Waals surface area (Å²) in [6, 6.07) is 0. The molecule has 35 heavy (non-hydrogen) atoms. The number of carbonyl (C=O) groups excluding carboxylic acids is 2. The molecule has 0 heterocycles. The molecule has 0 atom stereocenters. The predicted molar refractivity (Wildman–Crippen MR) is 133 cm³/mol. The fraction of sp³-hybridized carbons (Fsp3) is 0.880. The molecule has 0 aliphatic rings. The van der Waals surface area contributed by atoms with E-state index in [1.54, 1.807) is 0 Å². The van der Waals surface area contributed by atoms with Crippen molar-refractivity contribution in [2.45, 2.75) is 77.6 Å². The van der Waals surface area contributed by atoms with Crippen LogP contribution in [-0.2, 0) is 33.3 Å². The number of unbranched alkanes of at least 4 members (excludes halogenated alkanes) is 7. The lowest BCUT2D eigenvalue weighted by molar-refractivity contribution is -0.137. The van der Waals surface area contributed by atoms with Crippen LogP contribution in [0.5, 0.6) is 0 Å². The molecule has 0 fully saturated rings. The number of ether oxygens (including phenoxy) is 4. The van der Waals surface area contributed by atoms with Gasteiger partial charge in [-0.1, -0.05) is 38.5 Å². The summed E-state index contributed by atoms with van der Waals surface area (Å²) in [5, 5.41) is 14.2. The zero-order valence-electron chi connectivity index (χ0n) is 21.7. The molecule has 0 spiro atoms. The molecule has 10 nitrogen and oxygen atoms in total. The molecule has 0 rings (SSSR count). The van der Waals surface area contributed by atoms with Crippen molar-refractivity contribution in [1.29, 1.82) is 0 Å². The largest absolute Gasteiger partial charge is 0.481 e. The van der Waals surface area contributed by atoms with Crippen LogP contribution in [0.2, 0.25) is 0 Å². The minimum Gasteiger partial charge on any atom is -0.481 e. The second kappa shape index (κ2) is 26.8. The van der Waals surface area contributed by atoms with Crippen molar-refractivity contribution in [2.24, 2.45) is 0 Å². The van der Waals surface area contributed by atoms with E-state index in [9.17, 15) is 14.4 Å². The molecular weight excluding hydrogens is 456 g/mol. The Morgan fingerprint density at radius 2 is 0.971 bits per heavy atom. The Morgan fingerprint density at radius 1 is 0.543 bits per heavy atom. The molecule has 0 aromatic rings. The maximum Gasteiger partial charge on any atom is 0.303 e. The number of carboxylic acids is 1. The van der Waals surface area contributed by atoms with Crippen LogP contribution in [0.3, 0.4) is 0 Å². The number of amides is 2. The Labute approximate surface area is 210 Å². The van der Waals surface area contributed by atoms with Gasteiger partial charge in [0.15, 0.2) is 0 Å². The predicted octanol–water partition coefficient (Wildman–Crippen LogP) is 2.68. The molecule has 0 aromatic heterocycles. The lowest BCUT2D eigenvalue weighted by Crippen LogP contribution is -2.29. The van der Waals surface area contributed by atoms with Crippen LogP contribution in [0.1, 0.15) is 77.6 Å². The molecule has 0 saturated heterocycles. The van der Waals surface area contributed by atoms with Gasteiger partial charge in [0.1, 0.15) is 0 Å². The van der Waals surface area contributed by atoms with Gasteiger partial charge in [-0.25, -0.2) is 0 Å². The van der Waals surface area contributed by atoms with Gasteiger partial charge in [-0.15, -0.1) is 0 Å². The highest BCUT2D eigenvalue weighted by molar-refractivity contribution is 5.76. The van der Waals surface area contributed by atoms with Crippen molar-refractivity contribution in [1.82, 2.24) is 10.6 Å². The number of rotatable bonds is 27. The van der Waals surface area contributed by atoms with Crippen LogP contribution in [0.25, 0.3) is 0 Å². The molecule has 0 radical (unpaired) electrons. The highest BCUT2D eigenvalue weighted by Gasteiger charge is 2.03. The summed E-state index contributed by atoms with van der Waals surface area (Å²) in [7, 11) is 0. The smallest absolute Gasteiger partial charge is 0.303 e. The van der Waals surface area contributed by atoms with Gasteiger partial charge in [-0.2, -0.15) is 0 Å². The first-order valence-corrected chi connectivity index (χ1v) is 13.1. The van der Waals surface area contributed by atoms with Crippen molar-refractivity contribution in [2.75, 3.05) is 65.9 Å². The van der Waals surface area contributed by atoms with Gasteiger partial charge in [0, 0.05) is 39.0 Å². The first-order chi connectivity index (χ1) is 17.1. The number of carbonyl (C=O) groups is 3. The Hall–Kier alpha value is -1.75. The van der Waals surface area contributed by atoms with Gasteiger partial charge < -0.3 is 34.7 Å². The minimum atomic E-state index is -0.720. The summed E-state index contributed by atoms with van der Waals surface area (Å²) in [4.78, 5) is 34.0. The van der Waals surface area contributed by atoms with Gasteiger partial charge in [0.25, 0.3) is 0 Å². The summed E-state index contributed by atoms with van der Waals surface area (Å²) in [6.45, 7) is 6.76. The van der Waals surface area contributed by atoms with Gasteiger partial charge in [0.2, 0.25) is 11.8 Å². The van der Waals surface area contributed by atoms with Gasteiger partial charge in [-0.05, 0) is 19.8 Å². The third-order valence-corrected chi connectivity index (χ3v) is 5.10. The first kappa shape index (κ1) is 33.2. The Balaban J connectivity index is 3.28. The summed E-state index contributed by atoms with van der Waals surface area (Å²) in [6.07, 6.45) is 9.13. The SMILES string of the molecule is CCOCCOCCOCCNC(=O)CCOCCNC(=O)CCCCCCCCCCC(=O)O. The first-order valence-electron chi connectivity index (χ1n) is 13.1. The van der Waals surface area contributed by atoms with Crippen LogP contribution < -0.4 is 10.6 Å². The molecule has 10 heteroatoms. The van der Waals surface area contributed by atoms with Crippen molar-refractivity contribution >= 4 is 17.8 Å². The molecular formula is C25H48N2O8. The number of aliphatic carboxylic acids is 1. The van der Waals surface area contributed by atoms with Crippen molar-refractivity contribution in [3.8, 4) is 0 Å². The minimum absolute atomic E-state index is 0.0275. The molecule has 0 aliphatic heterocycles. The van der Waals surface area contributed by atoms with E-state index < -0.39 is 5.97 Å². The Kier molecular flexibility index (Phi) is 25.5. The second-order valence-corrected chi connectivity index (χ2v) is 8.21. The molecule has 206 valence electrons.